The molecule has 0 saturated heterocycles. The Kier molecular flexibility index (Phi) is 5.58. The summed E-state index contributed by atoms with van der Waals surface area (Å²) in [5, 5.41) is 8.74. The van der Waals surface area contributed by atoms with Crippen LogP contribution in [0.1, 0.15) is 24.2 Å². The molecule has 19 heavy (non-hydrogen) atoms. The predicted octanol–water partition coefficient (Wildman–Crippen LogP) is 2.63. The van der Waals surface area contributed by atoms with Gasteiger partial charge in [0.25, 0.3) is 0 Å². The molecule has 102 valence electrons. The number of halogens is 2. The second-order valence-corrected chi connectivity index (χ2v) is 4.38. The summed E-state index contributed by atoms with van der Waals surface area (Å²) in [6.45, 7) is 4.40. The quantitative estimate of drug-likeness (QED) is 0.743. The van der Waals surface area contributed by atoms with Crippen LogP contribution in [0.25, 0.3) is 0 Å². The van der Waals surface area contributed by atoms with Gasteiger partial charge >= 0.3 is 0 Å². The zero-order valence-electron chi connectivity index (χ0n) is 11.0. The number of Topliss-reactive ketones (excluding diaryl/α,β-unsaturated/α-hetero) is 1. The minimum absolute atomic E-state index is 0.0969. The maximum absolute atomic E-state index is 13.5. The molecule has 0 radical (unpaired) electrons. The van der Waals surface area contributed by atoms with E-state index in [-0.39, 0.29) is 12.5 Å². The van der Waals surface area contributed by atoms with E-state index in [9.17, 15) is 13.6 Å². The van der Waals surface area contributed by atoms with Crippen LogP contribution < -0.4 is 0 Å². The molecule has 1 aromatic rings. The van der Waals surface area contributed by atoms with Gasteiger partial charge in [-0.05, 0) is 25.6 Å². The van der Waals surface area contributed by atoms with Gasteiger partial charge in [0.2, 0.25) is 0 Å². The number of nitriles is 1. The molecule has 0 N–H and O–H groups in total. The lowest BCUT2D eigenvalue weighted by molar-refractivity contribution is 0.0921. The average molecular weight is 266 g/mol. The predicted molar refractivity (Wildman–Crippen MR) is 67.6 cm³/mol. The van der Waals surface area contributed by atoms with E-state index in [1.165, 1.54) is 6.07 Å². The van der Waals surface area contributed by atoms with Crippen LogP contribution in [-0.4, -0.2) is 30.3 Å². The van der Waals surface area contributed by atoms with Crippen LogP contribution in [0, 0.1) is 28.9 Å². The molecule has 0 saturated carbocycles. The monoisotopic (exact) mass is 266 g/mol. The van der Waals surface area contributed by atoms with Crippen molar-refractivity contribution in [2.45, 2.75) is 13.8 Å². The summed E-state index contributed by atoms with van der Waals surface area (Å²) in [4.78, 5) is 13.6. The number of likely N-dealkylation sites (N-methyl/N-ethyl adjacent to an activating group) is 1. The Labute approximate surface area is 111 Å². The fourth-order valence-corrected chi connectivity index (χ4v) is 1.78. The molecule has 0 fully saturated rings. The molecule has 0 bridgehead atoms. The highest BCUT2D eigenvalue weighted by atomic mass is 19.1. The van der Waals surface area contributed by atoms with Crippen molar-refractivity contribution in [3.05, 3.63) is 35.4 Å². The summed E-state index contributed by atoms with van der Waals surface area (Å²) >= 11 is 0. The largest absolute Gasteiger partial charge is 0.295 e. The third-order valence-electron chi connectivity index (χ3n) is 2.81. The first-order valence-electron chi connectivity index (χ1n) is 6.08. The van der Waals surface area contributed by atoms with E-state index in [1.807, 2.05) is 6.92 Å². The molecule has 0 aliphatic heterocycles. The number of rotatable bonds is 6. The van der Waals surface area contributed by atoms with E-state index in [2.05, 4.69) is 6.07 Å². The average Bonchev–Trinajstić information content (AvgIpc) is 2.37. The van der Waals surface area contributed by atoms with Crippen LogP contribution in [0.5, 0.6) is 0 Å². The van der Waals surface area contributed by atoms with E-state index in [4.69, 9.17) is 5.26 Å². The zero-order chi connectivity index (χ0) is 14.4. The van der Waals surface area contributed by atoms with Gasteiger partial charge in [-0.25, -0.2) is 8.78 Å². The Bertz CT molecular complexity index is 476. The molecule has 0 spiro atoms. The number of carbonyl (C=O) groups excluding carboxylic acids is 1. The van der Waals surface area contributed by atoms with Gasteiger partial charge in [-0.2, -0.15) is 5.26 Å². The van der Waals surface area contributed by atoms with Crippen LogP contribution in [-0.2, 0) is 0 Å². The number of ketones is 1. The van der Waals surface area contributed by atoms with Crippen molar-refractivity contribution in [3.8, 4) is 6.07 Å². The molecule has 0 heterocycles. The van der Waals surface area contributed by atoms with Crippen LogP contribution in [0.2, 0.25) is 0 Å². The van der Waals surface area contributed by atoms with Crippen molar-refractivity contribution in [2.24, 2.45) is 5.92 Å². The van der Waals surface area contributed by atoms with Gasteiger partial charge < -0.3 is 0 Å². The summed E-state index contributed by atoms with van der Waals surface area (Å²) in [5.74, 6) is -2.55. The van der Waals surface area contributed by atoms with Crippen LogP contribution >= 0.6 is 0 Å². The van der Waals surface area contributed by atoms with Gasteiger partial charge in [0.05, 0.1) is 24.1 Å². The van der Waals surface area contributed by atoms with Crippen molar-refractivity contribution >= 4 is 5.78 Å². The number of hydrogen-bond acceptors (Lipinski definition) is 3. The molecule has 0 amide bonds. The van der Waals surface area contributed by atoms with E-state index in [0.717, 1.165) is 12.1 Å². The van der Waals surface area contributed by atoms with Gasteiger partial charge in [0.15, 0.2) is 5.78 Å². The maximum atomic E-state index is 13.5. The molecule has 5 heteroatoms. The van der Waals surface area contributed by atoms with Crippen molar-refractivity contribution in [1.29, 1.82) is 5.26 Å². The Morgan fingerprint density at radius 2 is 2.00 bits per heavy atom. The SMILES string of the molecule is CCN(CC(=O)c1c(F)cccc1F)CC(C)C#N. The minimum atomic E-state index is -0.852. The Balaban J connectivity index is 2.81. The maximum Gasteiger partial charge on any atom is 0.182 e. The molecule has 3 nitrogen and oxygen atoms in total. The molecule has 0 aliphatic carbocycles. The highest BCUT2D eigenvalue weighted by Gasteiger charge is 2.20. The van der Waals surface area contributed by atoms with E-state index < -0.39 is 23.0 Å². The Hall–Kier alpha value is -1.80. The van der Waals surface area contributed by atoms with E-state index >= 15 is 0 Å². The summed E-state index contributed by atoms with van der Waals surface area (Å²) in [7, 11) is 0. The number of benzene rings is 1. The first-order valence-corrected chi connectivity index (χ1v) is 6.08. The van der Waals surface area contributed by atoms with Gasteiger partial charge in [0, 0.05) is 6.54 Å². The fraction of sp³-hybridized carbons (Fsp3) is 0.429. The molecule has 1 unspecified atom stereocenters. The molecule has 0 aliphatic rings. The van der Waals surface area contributed by atoms with Crippen molar-refractivity contribution in [2.75, 3.05) is 19.6 Å². The summed E-state index contributed by atoms with van der Waals surface area (Å²) < 4.78 is 26.9. The van der Waals surface area contributed by atoms with Gasteiger partial charge in [0.1, 0.15) is 11.6 Å². The molecular weight excluding hydrogens is 250 g/mol. The van der Waals surface area contributed by atoms with Crippen LogP contribution in [0.4, 0.5) is 8.78 Å². The molecule has 0 aromatic heterocycles. The minimum Gasteiger partial charge on any atom is -0.295 e. The lowest BCUT2D eigenvalue weighted by atomic mass is 10.1. The van der Waals surface area contributed by atoms with Gasteiger partial charge in [-0.1, -0.05) is 13.0 Å². The van der Waals surface area contributed by atoms with Crippen molar-refractivity contribution < 1.29 is 13.6 Å². The smallest absolute Gasteiger partial charge is 0.182 e. The third kappa shape index (κ3) is 4.11. The third-order valence-corrected chi connectivity index (χ3v) is 2.81. The van der Waals surface area contributed by atoms with E-state index in [0.29, 0.717) is 13.1 Å². The van der Waals surface area contributed by atoms with Gasteiger partial charge in [-0.15, -0.1) is 0 Å². The fourth-order valence-electron chi connectivity index (χ4n) is 1.78. The summed E-state index contributed by atoms with van der Waals surface area (Å²) in [6, 6.07) is 5.40. The second kappa shape index (κ2) is 6.95. The van der Waals surface area contributed by atoms with E-state index in [1.54, 1.807) is 11.8 Å². The molecular formula is C14H16F2N2O. The molecule has 1 aromatic carbocycles. The Morgan fingerprint density at radius 3 is 2.47 bits per heavy atom. The highest BCUT2D eigenvalue weighted by Crippen LogP contribution is 2.13. The van der Waals surface area contributed by atoms with Gasteiger partial charge in [-0.3, -0.25) is 9.69 Å². The zero-order valence-corrected chi connectivity index (χ0v) is 11.0. The topological polar surface area (TPSA) is 44.1 Å². The lowest BCUT2D eigenvalue weighted by Gasteiger charge is -2.20. The normalized spacial score (nSPS) is 12.2. The number of carbonyl (C=O) groups is 1. The lowest BCUT2D eigenvalue weighted by Crippen LogP contribution is -2.33. The van der Waals surface area contributed by atoms with Crippen molar-refractivity contribution in [1.82, 2.24) is 4.90 Å². The molecule has 1 atom stereocenters. The first kappa shape index (κ1) is 15.3. The second-order valence-electron chi connectivity index (χ2n) is 4.38. The standard InChI is InChI=1S/C14H16F2N2O/c1-3-18(8-10(2)7-17)9-13(19)14-11(15)5-4-6-12(14)16/h4-6,10H,3,8-9H2,1-2H3. The van der Waals surface area contributed by atoms with Crippen LogP contribution in [0.15, 0.2) is 18.2 Å². The van der Waals surface area contributed by atoms with Crippen molar-refractivity contribution in [3.63, 3.8) is 0 Å². The van der Waals surface area contributed by atoms with Crippen LogP contribution in [0.3, 0.4) is 0 Å². The molecule has 1 rings (SSSR count). The number of nitrogens with zero attached hydrogens (tertiary/aromatic N) is 2. The number of hydrogen-bond donors (Lipinski definition) is 0. The highest BCUT2D eigenvalue weighted by molar-refractivity contribution is 5.98. The first-order chi connectivity index (χ1) is 8.99. The summed E-state index contributed by atoms with van der Waals surface area (Å²) in [6.07, 6.45) is 0. The Morgan fingerprint density at radius 1 is 1.42 bits per heavy atom. The summed E-state index contributed by atoms with van der Waals surface area (Å²) in [5.41, 5.74) is -0.509.